The lowest BCUT2D eigenvalue weighted by atomic mass is 10.1. The van der Waals surface area contributed by atoms with Crippen LogP contribution in [0.3, 0.4) is 0 Å². The number of carbonyl (C=O) groups excluding carboxylic acids is 1. The van der Waals surface area contributed by atoms with Gasteiger partial charge in [-0.1, -0.05) is 19.1 Å². The minimum atomic E-state index is -3.63. The fraction of sp³-hybridized carbons (Fsp3) is 0.409. The summed E-state index contributed by atoms with van der Waals surface area (Å²) in [4.78, 5) is 14.8. The molecule has 9 heteroatoms. The van der Waals surface area contributed by atoms with Crippen LogP contribution in [-0.2, 0) is 16.7 Å². The van der Waals surface area contributed by atoms with Crippen LogP contribution in [0.2, 0.25) is 0 Å². The van der Waals surface area contributed by atoms with Gasteiger partial charge in [0.25, 0.3) is 0 Å². The molecule has 0 radical (unpaired) electrons. The van der Waals surface area contributed by atoms with Gasteiger partial charge in [-0.25, -0.2) is 4.79 Å². The van der Waals surface area contributed by atoms with Gasteiger partial charge in [-0.3, -0.25) is 0 Å². The molecule has 0 saturated carbocycles. The number of hydrogen-bond donors (Lipinski definition) is 1. The number of anilines is 1. The maximum absolute atomic E-state index is 13.1. The number of carbonyl (C=O) groups is 1. The lowest BCUT2D eigenvalue weighted by Crippen LogP contribution is -2.40. The van der Waals surface area contributed by atoms with Crippen LogP contribution in [-0.4, -0.2) is 45.4 Å². The van der Waals surface area contributed by atoms with Crippen molar-refractivity contribution in [1.82, 2.24) is 4.90 Å². The number of nitrogens with one attached hydrogen (secondary N) is 1. The average Bonchev–Trinajstić information content (AvgIpc) is 2.76. The van der Waals surface area contributed by atoms with Gasteiger partial charge in [-0.2, -0.15) is 8.42 Å². The summed E-state index contributed by atoms with van der Waals surface area (Å²) >= 11 is 0. The van der Waals surface area contributed by atoms with E-state index >= 15 is 0 Å². The Bertz CT molecular complexity index is 971. The Labute approximate surface area is 184 Å². The number of benzene rings is 2. The van der Waals surface area contributed by atoms with E-state index in [1.165, 1.54) is 6.92 Å². The first-order valence-corrected chi connectivity index (χ1v) is 11.6. The molecule has 170 valence electrons. The molecule has 1 unspecified atom stereocenters. The highest BCUT2D eigenvalue weighted by Gasteiger charge is 2.20. The molecular weight excluding hydrogens is 420 g/mol. The number of methoxy groups -OCH3 is 2. The van der Waals surface area contributed by atoms with Crippen molar-refractivity contribution >= 4 is 21.8 Å². The second kappa shape index (κ2) is 10.9. The minimum Gasteiger partial charge on any atom is -0.497 e. The van der Waals surface area contributed by atoms with Crippen LogP contribution >= 0.6 is 0 Å². The highest BCUT2D eigenvalue weighted by Crippen LogP contribution is 2.26. The molecule has 0 aliphatic heterocycles. The number of hydrogen-bond acceptors (Lipinski definition) is 6. The third kappa shape index (κ3) is 7.06. The predicted molar refractivity (Wildman–Crippen MR) is 120 cm³/mol. The Kier molecular flexibility index (Phi) is 8.56. The van der Waals surface area contributed by atoms with Crippen LogP contribution in [0.15, 0.2) is 42.5 Å². The highest BCUT2D eigenvalue weighted by molar-refractivity contribution is 7.87. The summed E-state index contributed by atoms with van der Waals surface area (Å²) in [6.45, 7) is 5.74. The number of rotatable bonds is 10. The molecule has 2 rings (SSSR count). The molecule has 0 aromatic heterocycles. The van der Waals surface area contributed by atoms with Crippen molar-refractivity contribution in [2.45, 2.75) is 39.8 Å². The van der Waals surface area contributed by atoms with Crippen LogP contribution in [0, 0.1) is 0 Å². The Morgan fingerprint density at radius 1 is 1.03 bits per heavy atom. The lowest BCUT2D eigenvalue weighted by molar-refractivity contribution is 0.187. The Morgan fingerprint density at radius 3 is 2.23 bits per heavy atom. The highest BCUT2D eigenvalue weighted by atomic mass is 32.2. The van der Waals surface area contributed by atoms with Crippen LogP contribution in [0.4, 0.5) is 10.5 Å². The van der Waals surface area contributed by atoms with E-state index in [1.54, 1.807) is 55.5 Å². The van der Waals surface area contributed by atoms with Gasteiger partial charge in [0.2, 0.25) is 0 Å². The lowest BCUT2D eigenvalue weighted by Gasteiger charge is -2.29. The van der Waals surface area contributed by atoms with E-state index in [2.05, 4.69) is 5.32 Å². The Balaban J connectivity index is 2.24. The zero-order valence-electron chi connectivity index (χ0n) is 18.5. The normalized spacial score (nSPS) is 12.0. The van der Waals surface area contributed by atoms with Crippen molar-refractivity contribution < 1.29 is 26.9 Å². The first-order valence-electron chi connectivity index (χ1n) is 10.0. The molecule has 0 fully saturated rings. The molecule has 2 aromatic rings. The Morgan fingerprint density at radius 2 is 1.68 bits per heavy atom. The summed E-state index contributed by atoms with van der Waals surface area (Å²) < 4.78 is 39.1. The third-order valence-corrected chi connectivity index (χ3v) is 5.97. The number of nitrogens with zero attached hydrogens (tertiary/aromatic N) is 1. The largest absolute Gasteiger partial charge is 0.497 e. The van der Waals surface area contributed by atoms with E-state index in [0.717, 1.165) is 12.0 Å². The monoisotopic (exact) mass is 450 g/mol. The minimum absolute atomic E-state index is 0.0588. The van der Waals surface area contributed by atoms with E-state index in [0.29, 0.717) is 17.2 Å². The fourth-order valence-corrected chi connectivity index (χ4v) is 3.34. The van der Waals surface area contributed by atoms with Crippen molar-refractivity contribution in [2.24, 2.45) is 0 Å². The fourth-order valence-electron chi connectivity index (χ4n) is 2.82. The van der Waals surface area contributed by atoms with Crippen molar-refractivity contribution in [2.75, 3.05) is 25.3 Å². The number of ether oxygens (including phenoxy) is 2. The molecule has 1 N–H and O–H groups in total. The number of urea groups is 1. The molecule has 2 amide bonds. The zero-order chi connectivity index (χ0) is 23.0. The molecule has 0 spiro atoms. The van der Waals surface area contributed by atoms with Gasteiger partial charge in [-0.05, 0) is 38.0 Å². The van der Waals surface area contributed by atoms with Crippen LogP contribution in [0.25, 0.3) is 0 Å². The van der Waals surface area contributed by atoms with E-state index in [-0.39, 0.29) is 30.1 Å². The molecule has 0 aliphatic carbocycles. The molecule has 8 nitrogen and oxygen atoms in total. The molecule has 0 heterocycles. The van der Waals surface area contributed by atoms with Crippen molar-refractivity contribution in [3.05, 3.63) is 48.0 Å². The quantitative estimate of drug-likeness (QED) is 0.544. The zero-order valence-corrected chi connectivity index (χ0v) is 19.4. The van der Waals surface area contributed by atoms with Gasteiger partial charge >= 0.3 is 16.1 Å². The smallest absolute Gasteiger partial charge is 0.322 e. The third-order valence-electron chi connectivity index (χ3n) is 4.81. The second-order valence-corrected chi connectivity index (χ2v) is 8.85. The molecule has 0 aliphatic rings. The van der Waals surface area contributed by atoms with E-state index in [1.807, 2.05) is 19.9 Å². The van der Waals surface area contributed by atoms with Gasteiger partial charge < -0.3 is 23.9 Å². The molecular formula is C22H30N2O6S. The van der Waals surface area contributed by atoms with Gasteiger partial charge in [0, 0.05) is 36.5 Å². The van der Waals surface area contributed by atoms with Crippen molar-refractivity contribution in [3.8, 4) is 17.2 Å². The van der Waals surface area contributed by atoms with E-state index in [9.17, 15) is 13.2 Å². The summed E-state index contributed by atoms with van der Waals surface area (Å²) in [5.41, 5.74) is 1.29. The van der Waals surface area contributed by atoms with Crippen molar-refractivity contribution in [3.63, 3.8) is 0 Å². The van der Waals surface area contributed by atoms with Crippen LogP contribution in [0.5, 0.6) is 17.2 Å². The van der Waals surface area contributed by atoms with Crippen LogP contribution in [0.1, 0.15) is 32.8 Å². The standard InChI is InChI=1S/C22H30N2O6S/c1-6-16(3)24(15-17-9-8-10-19(11-17)30-31(26,27)7-2)22(25)23-18-12-20(28-4)14-21(13-18)29-5/h8-14,16H,6-7,15H2,1-5H3,(H,23,25). The molecule has 0 saturated heterocycles. The van der Waals surface area contributed by atoms with Gasteiger partial charge in [0.1, 0.15) is 17.2 Å². The second-order valence-electron chi connectivity index (χ2n) is 6.99. The summed E-state index contributed by atoms with van der Waals surface area (Å²) in [7, 11) is -0.543. The van der Waals surface area contributed by atoms with Crippen LogP contribution < -0.4 is 19.0 Å². The Hall–Kier alpha value is -2.94. The predicted octanol–water partition coefficient (Wildman–Crippen LogP) is 4.26. The molecule has 31 heavy (non-hydrogen) atoms. The molecule has 1 atom stereocenters. The first kappa shape index (κ1) is 24.3. The van der Waals surface area contributed by atoms with Gasteiger partial charge in [0.05, 0.1) is 20.0 Å². The summed E-state index contributed by atoms with van der Waals surface area (Å²) in [5, 5.41) is 2.89. The van der Waals surface area contributed by atoms with Gasteiger partial charge in [0.15, 0.2) is 0 Å². The maximum atomic E-state index is 13.1. The summed E-state index contributed by atoms with van der Waals surface area (Å²) in [6, 6.07) is 11.5. The van der Waals surface area contributed by atoms with Gasteiger partial charge in [-0.15, -0.1) is 0 Å². The summed E-state index contributed by atoms with van der Waals surface area (Å²) in [6.07, 6.45) is 0.745. The average molecular weight is 451 g/mol. The van der Waals surface area contributed by atoms with Crippen molar-refractivity contribution in [1.29, 1.82) is 0 Å². The molecule has 2 aromatic carbocycles. The number of amides is 2. The summed E-state index contributed by atoms with van der Waals surface area (Å²) in [5.74, 6) is 1.22. The first-order chi connectivity index (χ1) is 14.7. The maximum Gasteiger partial charge on any atom is 0.322 e. The SMILES string of the molecule is CCC(C)N(Cc1cccc(OS(=O)(=O)CC)c1)C(=O)Nc1cc(OC)cc(OC)c1. The molecule has 0 bridgehead atoms. The van der Waals surface area contributed by atoms with E-state index < -0.39 is 10.1 Å². The van der Waals surface area contributed by atoms with E-state index in [4.69, 9.17) is 13.7 Å². The topological polar surface area (TPSA) is 94.2 Å².